The molecular formula is C16H26N2O4S. The van der Waals surface area contributed by atoms with Gasteiger partial charge >= 0.3 is 0 Å². The summed E-state index contributed by atoms with van der Waals surface area (Å²) < 4.78 is 22.3. The Morgan fingerprint density at radius 3 is 2.48 bits per heavy atom. The Labute approximate surface area is 140 Å². The molecule has 1 saturated heterocycles. The van der Waals surface area contributed by atoms with E-state index in [2.05, 4.69) is 10.2 Å². The molecule has 1 aromatic rings. The first-order valence-electron chi connectivity index (χ1n) is 7.79. The largest absolute Gasteiger partial charge is 0.485 e. The zero-order valence-corrected chi connectivity index (χ0v) is 14.8. The van der Waals surface area contributed by atoms with Gasteiger partial charge in [-0.25, -0.2) is 4.21 Å². The third kappa shape index (κ3) is 5.26. The Bertz CT molecular complexity index is 515. The van der Waals surface area contributed by atoms with E-state index in [4.69, 9.17) is 8.92 Å². The average molecular weight is 342 g/mol. The van der Waals surface area contributed by atoms with E-state index in [-0.39, 0.29) is 0 Å². The maximum atomic E-state index is 11.5. The smallest absolute Gasteiger partial charge is 0.188 e. The van der Waals surface area contributed by atoms with Crippen molar-refractivity contribution >= 4 is 11.1 Å². The van der Waals surface area contributed by atoms with Crippen LogP contribution in [0.4, 0.5) is 0 Å². The van der Waals surface area contributed by atoms with Gasteiger partial charge in [0.2, 0.25) is 0 Å². The van der Waals surface area contributed by atoms with E-state index in [1.165, 1.54) is 7.11 Å². The lowest BCUT2D eigenvalue weighted by atomic mass is 10.0. The monoisotopic (exact) mass is 342 g/mol. The predicted molar refractivity (Wildman–Crippen MR) is 89.9 cm³/mol. The van der Waals surface area contributed by atoms with Crippen molar-refractivity contribution in [1.82, 2.24) is 10.2 Å². The van der Waals surface area contributed by atoms with E-state index in [0.717, 1.165) is 26.2 Å². The first-order chi connectivity index (χ1) is 10.9. The Morgan fingerprint density at radius 2 is 1.91 bits per heavy atom. The zero-order chi connectivity index (χ0) is 16.9. The third-order valence-electron chi connectivity index (χ3n) is 3.99. The summed E-state index contributed by atoms with van der Waals surface area (Å²) in [4.78, 5) is 2.82. The minimum Gasteiger partial charge on any atom is -0.485 e. The van der Waals surface area contributed by atoms with E-state index in [9.17, 15) is 9.32 Å². The molecule has 23 heavy (non-hydrogen) atoms. The molecule has 1 heterocycles. The SMILES string of the molecule is COS(=O)c1ccc(OC(C)(C)C(O)CN2CCNCC2)cc1. The molecule has 2 unspecified atom stereocenters. The van der Waals surface area contributed by atoms with Crippen molar-refractivity contribution in [3.05, 3.63) is 24.3 Å². The third-order valence-corrected chi connectivity index (χ3v) is 4.95. The molecule has 1 aliphatic rings. The fraction of sp³-hybridized carbons (Fsp3) is 0.625. The quantitative estimate of drug-likeness (QED) is 0.763. The second kappa shape index (κ2) is 8.21. The molecule has 0 bridgehead atoms. The summed E-state index contributed by atoms with van der Waals surface area (Å²) in [5, 5.41) is 13.8. The van der Waals surface area contributed by atoms with Crippen LogP contribution in [0, 0.1) is 0 Å². The lowest BCUT2D eigenvalue weighted by Gasteiger charge is -2.36. The van der Waals surface area contributed by atoms with Gasteiger partial charge in [-0.2, -0.15) is 0 Å². The van der Waals surface area contributed by atoms with Crippen molar-refractivity contribution in [2.24, 2.45) is 0 Å². The molecule has 0 spiro atoms. The molecule has 1 aromatic carbocycles. The number of hydrogen-bond acceptors (Lipinski definition) is 6. The maximum absolute atomic E-state index is 11.5. The van der Waals surface area contributed by atoms with Crippen molar-refractivity contribution < 1.29 is 18.2 Å². The second-order valence-corrected chi connectivity index (χ2v) is 7.42. The Morgan fingerprint density at radius 1 is 1.30 bits per heavy atom. The minimum atomic E-state index is -1.45. The minimum absolute atomic E-state index is 0.582. The highest BCUT2D eigenvalue weighted by Gasteiger charge is 2.32. The molecule has 0 saturated carbocycles. The molecule has 130 valence electrons. The number of β-amino-alcohol motifs (C(OH)–C–C–N with tert-alkyl or cyclic N) is 1. The van der Waals surface area contributed by atoms with E-state index in [0.29, 0.717) is 17.2 Å². The molecule has 2 N–H and O–H groups in total. The van der Waals surface area contributed by atoms with Crippen molar-refractivity contribution in [2.45, 2.75) is 30.4 Å². The van der Waals surface area contributed by atoms with E-state index in [1.807, 2.05) is 13.8 Å². The zero-order valence-electron chi connectivity index (χ0n) is 13.9. The molecule has 0 aliphatic carbocycles. The van der Waals surface area contributed by atoms with Crippen molar-refractivity contribution in [2.75, 3.05) is 39.8 Å². The average Bonchev–Trinajstić information content (AvgIpc) is 2.55. The highest BCUT2D eigenvalue weighted by atomic mass is 32.2. The van der Waals surface area contributed by atoms with Crippen molar-refractivity contribution in [3.8, 4) is 5.75 Å². The van der Waals surface area contributed by atoms with Gasteiger partial charge < -0.3 is 15.2 Å². The van der Waals surface area contributed by atoms with Crippen LogP contribution in [0.15, 0.2) is 29.2 Å². The Kier molecular flexibility index (Phi) is 6.55. The van der Waals surface area contributed by atoms with Crippen LogP contribution in [0.2, 0.25) is 0 Å². The highest BCUT2D eigenvalue weighted by molar-refractivity contribution is 7.80. The highest BCUT2D eigenvalue weighted by Crippen LogP contribution is 2.23. The number of nitrogens with zero attached hydrogens (tertiary/aromatic N) is 1. The van der Waals surface area contributed by atoms with Gasteiger partial charge in [0.25, 0.3) is 0 Å². The lowest BCUT2D eigenvalue weighted by Crippen LogP contribution is -2.52. The predicted octanol–water partition coefficient (Wildman–Crippen LogP) is 0.779. The van der Waals surface area contributed by atoms with Crippen LogP contribution >= 0.6 is 0 Å². The Balaban J connectivity index is 1.94. The number of benzene rings is 1. The number of nitrogens with one attached hydrogen (secondary N) is 1. The van der Waals surface area contributed by atoms with Gasteiger partial charge in [0, 0.05) is 32.7 Å². The summed E-state index contributed by atoms with van der Waals surface area (Å²) in [6.45, 7) is 8.11. The van der Waals surface area contributed by atoms with Gasteiger partial charge in [-0.1, -0.05) is 0 Å². The van der Waals surface area contributed by atoms with Gasteiger partial charge in [0.1, 0.15) is 17.5 Å². The summed E-state index contributed by atoms with van der Waals surface area (Å²) in [7, 11) is 1.40. The molecule has 7 heteroatoms. The maximum Gasteiger partial charge on any atom is 0.188 e. The summed E-state index contributed by atoms with van der Waals surface area (Å²) in [5.74, 6) is 0.631. The molecule has 2 atom stereocenters. The van der Waals surface area contributed by atoms with Gasteiger partial charge in [-0.05, 0) is 38.1 Å². The molecule has 6 nitrogen and oxygen atoms in total. The molecule has 2 rings (SSSR count). The number of ether oxygens (including phenoxy) is 1. The standard InChI is InChI=1S/C16H26N2O4S/c1-16(2,15(19)12-18-10-8-17-9-11-18)22-13-4-6-14(7-5-13)23(20)21-3/h4-7,15,17,19H,8-12H2,1-3H3. The van der Waals surface area contributed by atoms with Gasteiger partial charge in [0.15, 0.2) is 11.1 Å². The molecule has 0 aromatic heterocycles. The van der Waals surface area contributed by atoms with Gasteiger partial charge in [0.05, 0.1) is 12.0 Å². The number of hydrogen-bond donors (Lipinski definition) is 2. The number of aliphatic hydroxyl groups excluding tert-OH is 1. The van der Waals surface area contributed by atoms with Gasteiger partial charge in [-0.15, -0.1) is 0 Å². The van der Waals surface area contributed by atoms with Crippen LogP contribution in [0.25, 0.3) is 0 Å². The van der Waals surface area contributed by atoms with E-state index >= 15 is 0 Å². The molecule has 1 aliphatic heterocycles. The Hall–Kier alpha value is -0.990. The lowest BCUT2D eigenvalue weighted by molar-refractivity contribution is -0.0456. The summed E-state index contributed by atoms with van der Waals surface area (Å²) in [6.07, 6.45) is -0.603. The molecular weight excluding hydrogens is 316 g/mol. The normalized spacial score (nSPS) is 19.3. The van der Waals surface area contributed by atoms with Crippen LogP contribution in [-0.2, 0) is 15.3 Å². The first kappa shape index (κ1) is 18.4. The first-order valence-corrected chi connectivity index (χ1v) is 8.86. The summed E-state index contributed by atoms with van der Waals surface area (Å²) >= 11 is -1.45. The molecule has 1 fully saturated rings. The molecule has 0 radical (unpaired) electrons. The number of aliphatic hydroxyl groups is 1. The van der Waals surface area contributed by atoms with Crippen molar-refractivity contribution in [1.29, 1.82) is 0 Å². The van der Waals surface area contributed by atoms with E-state index in [1.54, 1.807) is 24.3 Å². The summed E-state index contributed by atoms with van der Waals surface area (Å²) in [5.41, 5.74) is -0.715. The number of rotatable bonds is 7. The van der Waals surface area contributed by atoms with E-state index < -0.39 is 22.8 Å². The van der Waals surface area contributed by atoms with Gasteiger partial charge in [-0.3, -0.25) is 9.08 Å². The molecule has 0 amide bonds. The summed E-state index contributed by atoms with van der Waals surface area (Å²) in [6, 6.07) is 6.89. The second-order valence-electron chi connectivity index (χ2n) is 6.14. The fourth-order valence-electron chi connectivity index (χ4n) is 2.44. The topological polar surface area (TPSA) is 71.0 Å². The van der Waals surface area contributed by atoms with Crippen LogP contribution in [-0.4, -0.2) is 65.8 Å². The van der Waals surface area contributed by atoms with Crippen LogP contribution in [0.5, 0.6) is 5.75 Å². The van der Waals surface area contributed by atoms with Crippen LogP contribution in [0.1, 0.15) is 13.8 Å². The van der Waals surface area contributed by atoms with Crippen LogP contribution in [0.3, 0.4) is 0 Å². The van der Waals surface area contributed by atoms with Crippen molar-refractivity contribution in [3.63, 3.8) is 0 Å². The number of piperazine rings is 1. The fourth-order valence-corrected chi connectivity index (χ4v) is 3.00. The van der Waals surface area contributed by atoms with Crippen LogP contribution < -0.4 is 10.1 Å².